The summed E-state index contributed by atoms with van der Waals surface area (Å²) >= 11 is 0. The number of benzene rings is 2. The van der Waals surface area contributed by atoms with E-state index in [-0.39, 0.29) is 5.57 Å². The third-order valence-electron chi connectivity index (χ3n) is 3.96. The van der Waals surface area contributed by atoms with E-state index < -0.39 is 23.9 Å². The third kappa shape index (κ3) is 3.82. The average Bonchev–Trinajstić information content (AvgIpc) is 2.97. The lowest BCUT2D eigenvalue weighted by Gasteiger charge is -2.14. The number of nitrogens with zero attached hydrogens (tertiary/aromatic N) is 1. The van der Waals surface area contributed by atoms with Crippen LogP contribution in [0.1, 0.15) is 12.5 Å². The molecule has 1 aliphatic heterocycles. The fourth-order valence-electron chi connectivity index (χ4n) is 2.58. The molecule has 2 aromatic carbocycles. The van der Waals surface area contributed by atoms with E-state index in [0.717, 1.165) is 0 Å². The van der Waals surface area contributed by atoms with Gasteiger partial charge in [0.25, 0.3) is 11.8 Å². The van der Waals surface area contributed by atoms with E-state index in [1.54, 1.807) is 55.5 Å². The zero-order valence-electron chi connectivity index (χ0n) is 14.8. The second-order valence-electron chi connectivity index (χ2n) is 5.80. The molecule has 1 atom stereocenters. The Morgan fingerprint density at radius 1 is 1.07 bits per heavy atom. The number of carbonyl (C=O) groups is 3. The molecule has 27 heavy (non-hydrogen) atoms. The summed E-state index contributed by atoms with van der Waals surface area (Å²) in [4.78, 5) is 36.6. The van der Waals surface area contributed by atoms with Crippen molar-refractivity contribution in [2.75, 3.05) is 12.1 Å². The van der Waals surface area contributed by atoms with E-state index in [1.165, 1.54) is 18.2 Å². The minimum Gasteiger partial charge on any atom is -0.478 e. The monoisotopic (exact) mass is 366 g/mol. The van der Waals surface area contributed by atoms with Gasteiger partial charge in [0.2, 0.25) is 0 Å². The van der Waals surface area contributed by atoms with Crippen LogP contribution in [-0.4, -0.2) is 31.0 Å². The first-order valence-corrected chi connectivity index (χ1v) is 8.27. The van der Waals surface area contributed by atoms with Gasteiger partial charge in [-0.05, 0) is 31.2 Å². The fraction of sp³-hybridized carbons (Fsp3) is 0.150. The van der Waals surface area contributed by atoms with Crippen LogP contribution in [0.3, 0.4) is 0 Å². The van der Waals surface area contributed by atoms with Crippen LogP contribution in [0.4, 0.5) is 5.69 Å². The lowest BCUT2D eigenvalue weighted by molar-refractivity contribution is -0.147. The Balaban J connectivity index is 1.90. The first-order valence-electron chi connectivity index (χ1n) is 8.27. The fourth-order valence-corrected chi connectivity index (χ4v) is 2.58. The number of hydrogen-bond acceptors (Lipinski definition) is 5. The SMILES string of the molecule is COC(=O)C(C)Oc1ccccc1C=C1C(=O)NN(c2ccccc2)C1=O. The molecular formula is C20H18N2O5. The highest BCUT2D eigenvalue weighted by Gasteiger charge is 2.34. The second-order valence-corrected chi connectivity index (χ2v) is 5.80. The van der Waals surface area contributed by atoms with Gasteiger partial charge >= 0.3 is 5.97 Å². The van der Waals surface area contributed by atoms with Crippen molar-refractivity contribution in [2.24, 2.45) is 0 Å². The van der Waals surface area contributed by atoms with Gasteiger partial charge in [0.05, 0.1) is 12.8 Å². The Labute approximate surface area is 156 Å². The van der Waals surface area contributed by atoms with Gasteiger partial charge in [-0.1, -0.05) is 36.4 Å². The molecule has 1 heterocycles. The van der Waals surface area contributed by atoms with E-state index in [2.05, 4.69) is 10.2 Å². The van der Waals surface area contributed by atoms with Gasteiger partial charge in [0.1, 0.15) is 11.3 Å². The molecule has 0 aliphatic carbocycles. The summed E-state index contributed by atoms with van der Waals surface area (Å²) in [7, 11) is 1.27. The summed E-state index contributed by atoms with van der Waals surface area (Å²) in [5.41, 5.74) is 3.57. The van der Waals surface area contributed by atoms with Gasteiger partial charge in [-0.2, -0.15) is 0 Å². The van der Waals surface area contributed by atoms with Gasteiger partial charge in [-0.3, -0.25) is 15.0 Å². The Hall–Kier alpha value is -3.61. The zero-order valence-corrected chi connectivity index (χ0v) is 14.8. The van der Waals surface area contributed by atoms with Crippen molar-refractivity contribution in [3.63, 3.8) is 0 Å². The molecule has 2 amide bonds. The van der Waals surface area contributed by atoms with Gasteiger partial charge in [-0.15, -0.1) is 0 Å². The van der Waals surface area contributed by atoms with Crippen molar-refractivity contribution >= 4 is 29.5 Å². The molecule has 0 aromatic heterocycles. The van der Waals surface area contributed by atoms with E-state index in [1.807, 2.05) is 6.07 Å². The summed E-state index contributed by atoms with van der Waals surface area (Å²) in [5.74, 6) is -1.15. The standard InChI is InChI=1S/C20H18N2O5/c1-13(20(25)26-2)27-17-11-7-6-8-14(17)12-16-18(23)21-22(19(16)24)15-9-4-3-5-10-15/h3-13H,1-2H3,(H,21,23). The van der Waals surface area contributed by atoms with Gasteiger partial charge in [-0.25, -0.2) is 9.80 Å². The van der Waals surface area contributed by atoms with Crippen LogP contribution >= 0.6 is 0 Å². The highest BCUT2D eigenvalue weighted by atomic mass is 16.6. The zero-order chi connectivity index (χ0) is 19.4. The minimum absolute atomic E-state index is 0.0272. The van der Waals surface area contributed by atoms with E-state index in [9.17, 15) is 14.4 Å². The smallest absolute Gasteiger partial charge is 0.346 e. The van der Waals surface area contributed by atoms with Crippen molar-refractivity contribution in [2.45, 2.75) is 13.0 Å². The van der Waals surface area contributed by atoms with Crippen LogP contribution in [0.2, 0.25) is 0 Å². The molecule has 1 aliphatic rings. The highest BCUT2D eigenvalue weighted by molar-refractivity contribution is 6.31. The summed E-state index contributed by atoms with van der Waals surface area (Å²) < 4.78 is 10.3. The number of amides is 2. The quantitative estimate of drug-likeness (QED) is 0.498. The number of anilines is 1. The molecule has 3 rings (SSSR count). The van der Waals surface area contributed by atoms with Crippen LogP contribution in [0.15, 0.2) is 60.2 Å². The molecule has 0 bridgehead atoms. The number of para-hydroxylation sites is 2. The number of esters is 1. The van der Waals surface area contributed by atoms with Crippen LogP contribution < -0.4 is 15.2 Å². The maximum Gasteiger partial charge on any atom is 0.346 e. The van der Waals surface area contributed by atoms with Crippen molar-refractivity contribution in [1.82, 2.24) is 5.43 Å². The molecule has 7 heteroatoms. The van der Waals surface area contributed by atoms with Crippen LogP contribution in [0.5, 0.6) is 5.75 Å². The van der Waals surface area contributed by atoms with Crippen molar-refractivity contribution in [3.8, 4) is 5.75 Å². The molecule has 2 aromatic rings. The van der Waals surface area contributed by atoms with E-state index >= 15 is 0 Å². The van der Waals surface area contributed by atoms with Crippen molar-refractivity contribution < 1.29 is 23.9 Å². The number of rotatable bonds is 5. The molecule has 1 unspecified atom stereocenters. The molecule has 7 nitrogen and oxygen atoms in total. The largest absolute Gasteiger partial charge is 0.478 e. The van der Waals surface area contributed by atoms with Gasteiger partial charge in [0.15, 0.2) is 6.10 Å². The number of nitrogens with one attached hydrogen (secondary N) is 1. The first-order chi connectivity index (χ1) is 13.0. The highest BCUT2D eigenvalue weighted by Crippen LogP contribution is 2.26. The maximum absolute atomic E-state index is 12.7. The normalized spacial score (nSPS) is 16.2. The third-order valence-corrected chi connectivity index (χ3v) is 3.96. The van der Waals surface area contributed by atoms with Crippen molar-refractivity contribution in [1.29, 1.82) is 0 Å². The van der Waals surface area contributed by atoms with E-state index in [0.29, 0.717) is 17.0 Å². The molecule has 1 fully saturated rings. The predicted molar refractivity (Wildman–Crippen MR) is 98.6 cm³/mol. The average molecular weight is 366 g/mol. The maximum atomic E-state index is 12.7. The van der Waals surface area contributed by atoms with E-state index in [4.69, 9.17) is 4.74 Å². The summed E-state index contributed by atoms with van der Waals surface area (Å²) in [5, 5.41) is 1.19. The van der Waals surface area contributed by atoms with Crippen LogP contribution in [0, 0.1) is 0 Å². The van der Waals surface area contributed by atoms with Gasteiger partial charge in [0, 0.05) is 5.56 Å². The number of hydrogen-bond donors (Lipinski definition) is 1. The number of hydrazine groups is 1. The Kier molecular flexibility index (Phi) is 5.21. The minimum atomic E-state index is -0.830. The topological polar surface area (TPSA) is 84.9 Å². The molecule has 1 saturated heterocycles. The second kappa shape index (κ2) is 7.74. The lowest BCUT2D eigenvalue weighted by Crippen LogP contribution is -2.35. The summed E-state index contributed by atoms with van der Waals surface area (Å²) in [6.07, 6.45) is 0.614. The summed E-state index contributed by atoms with van der Waals surface area (Å²) in [6.45, 7) is 1.56. The molecular weight excluding hydrogens is 348 g/mol. The van der Waals surface area contributed by atoms with Gasteiger partial charge < -0.3 is 9.47 Å². The molecule has 0 spiro atoms. The number of carbonyl (C=O) groups excluding carboxylic acids is 3. The lowest BCUT2D eigenvalue weighted by atomic mass is 10.1. The Morgan fingerprint density at radius 3 is 2.44 bits per heavy atom. The first kappa shape index (κ1) is 18.2. The Morgan fingerprint density at radius 2 is 1.74 bits per heavy atom. The van der Waals surface area contributed by atoms with Crippen molar-refractivity contribution in [3.05, 3.63) is 65.7 Å². The molecule has 138 valence electrons. The number of methoxy groups -OCH3 is 1. The van der Waals surface area contributed by atoms with Crippen LogP contribution in [-0.2, 0) is 19.1 Å². The predicted octanol–water partition coefficient (Wildman–Crippen LogP) is 2.09. The number of ether oxygens (including phenoxy) is 2. The molecule has 1 N–H and O–H groups in total. The van der Waals surface area contributed by atoms with Crippen LogP contribution in [0.25, 0.3) is 6.08 Å². The molecule has 0 saturated carbocycles. The molecule has 0 radical (unpaired) electrons. The summed E-state index contributed by atoms with van der Waals surface area (Å²) in [6, 6.07) is 15.6. The Bertz CT molecular complexity index is 908.